The van der Waals surface area contributed by atoms with Crippen molar-refractivity contribution in [3.8, 4) is 28.3 Å². The van der Waals surface area contributed by atoms with E-state index < -0.39 is 12.6 Å². The van der Waals surface area contributed by atoms with E-state index in [0.717, 1.165) is 0 Å². The number of hydrogen-bond acceptors (Lipinski definition) is 5. The minimum atomic E-state index is -1.11. The average molecular weight is 444 g/mol. The Labute approximate surface area is 160 Å². The zero-order valence-corrected chi connectivity index (χ0v) is 15.5. The van der Waals surface area contributed by atoms with Gasteiger partial charge in [0.2, 0.25) is 0 Å². The van der Waals surface area contributed by atoms with Crippen molar-refractivity contribution < 1.29 is 19.2 Å². The van der Waals surface area contributed by atoms with Gasteiger partial charge in [-0.3, -0.25) is 0 Å². The number of nitrogens with zero attached hydrogens (tertiary/aromatic N) is 2. The van der Waals surface area contributed by atoms with Gasteiger partial charge in [-0.05, 0) is 24.3 Å². The van der Waals surface area contributed by atoms with Crippen LogP contribution in [0, 0.1) is 0 Å². The number of hydrogen-bond donors (Lipinski definition) is 1. The summed E-state index contributed by atoms with van der Waals surface area (Å²) in [6, 6.07) is 8.37. The van der Waals surface area contributed by atoms with Crippen LogP contribution in [0.3, 0.4) is 0 Å². The molecule has 1 heterocycles. The summed E-state index contributed by atoms with van der Waals surface area (Å²) in [6.07, 6.45) is 1.24. The standard InChI is InChI=1S/C16H9BrCl2N2O4/c17-10-3-4-12(24-6-13(22)23)15(16-20-7-21-25-16)14(10)9-2-1-8(18)5-11(9)19/h1-5,7H,6H2,(H,22,23). The molecule has 25 heavy (non-hydrogen) atoms. The summed E-state index contributed by atoms with van der Waals surface area (Å²) in [6.45, 7) is -0.517. The van der Waals surface area contributed by atoms with Gasteiger partial charge in [-0.15, -0.1) is 0 Å². The van der Waals surface area contributed by atoms with E-state index >= 15 is 0 Å². The first-order chi connectivity index (χ1) is 12.0. The van der Waals surface area contributed by atoms with Crippen molar-refractivity contribution in [3.05, 3.63) is 51.2 Å². The van der Waals surface area contributed by atoms with E-state index in [1.54, 1.807) is 30.3 Å². The Kier molecular flexibility index (Phi) is 5.27. The second-order valence-electron chi connectivity index (χ2n) is 4.85. The molecule has 0 radical (unpaired) electrons. The molecule has 0 saturated carbocycles. The normalized spacial score (nSPS) is 10.7. The maximum Gasteiger partial charge on any atom is 0.341 e. The van der Waals surface area contributed by atoms with Crippen LogP contribution in [-0.2, 0) is 4.79 Å². The summed E-state index contributed by atoms with van der Waals surface area (Å²) in [5.41, 5.74) is 1.69. The topological polar surface area (TPSA) is 85.5 Å². The van der Waals surface area contributed by atoms with Crippen LogP contribution in [0.4, 0.5) is 0 Å². The van der Waals surface area contributed by atoms with E-state index in [1.807, 2.05) is 0 Å². The van der Waals surface area contributed by atoms with Crippen molar-refractivity contribution in [2.75, 3.05) is 6.61 Å². The first-order valence-electron chi connectivity index (χ1n) is 6.87. The molecular weight excluding hydrogens is 435 g/mol. The Morgan fingerprint density at radius 3 is 2.68 bits per heavy atom. The Balaban J connectivity index is 2.26. The Morgan fingerprint density at radius 2 is 2.04 bits per heavy atom. The molecule has 9 heteroatoms. The van der Waals surface area contributed by atoms with Crippen LogP contribution in [0.2, 0.25) is 10.0 Å². The third-order valence-corrected chi connectivity index (χ3v) is 4.45. The number of rotatable bonds is 5. The number of aliphatic carboxylic acids is 1. The number of carboxylic acids is 1. The van der Waals surface area contributed by atoms with E-state index in [-0.39, 0.29) is 11.6 Å². The van der Waals surface area contributed by atoms with Gasteiger partial charge in [0.15, 0.2) is 12.9 Å². The molecule has 128 valence electrons. The van der Waals surface area contributed by atoms with Crippen LogP contribution in [0.15, 0.2) is 45.7 Å². The Bertz CT molecular complexity index is 932. The van der Waals surface area contributed by atoms with E-state index in [2.05, 4.69) is 26.1 Å². The van der Waals surface area contributed by atoms with Gasteiger partial charge in [0, 0.05) is 25.6 Å². The number of benzene rings is 2. The molecule has 0 aliphatic rings. The van der Waals surface area contributed by atoms with Crippen molar-refractivity contribution in [2.45, 2.75) is 0 Å². The van der Waals surface area contributed by atoms with Crippen LogP contribution in [-0.4, -0.2) is 27.8 Å². The number of ether oxygens (including phenoxy) is 1. The SMILES string of the molecule is O=C(O)COc1ccc(Br)c(-c2ccc(Cl)cc2Cl)c1-c1ncno1. The molecule has 0 fully saturated rings. The van der Waals surface area contributed by atoms with Gasteiger partial charge < -0.3 is 14.4 Å². The van der Waals surface area contributed by atoms with Crippen LogP contribution in [0.25, 0.3) is 22.6 Å². The van der Waals surface area contributed by atoms with Gasteiger partial charge in [-0.2, -0.15) is 4.98 Å². The average Bonchev–Trinajstić information content (AvgIpc) is 3.08. The fraction of sp³-hybridized carbons (Fsp3) is 0.0625. The van der Waals surface area contributed by atoms with Gasteiger partial charge >= 0.3 is 5.97 Å². The fourth-order valence-electron chi connectivity index (χ4n) is 2.27. The lowest BCUT2D eigenvalue weighted by molar-refractivity contribution is -0.139. The predicted molar refractivity (Wildman–Crippen MR) is 96.0 cm³/mol. The molecule has 1 N–H and O–H groups in total. The van der Waals surface area contributed by atoms with E-state index in [9.17, 15) is 4.79 Å². The lowest BCUT2D eigenvalue weighted by Crippen LogP contribution is -2.10. The first kappa shape index (κ1) is 17.7. The van der Waals surface area contributed by atoms with Crippen molar-refractivity contribution >= 4 is 45.1 Å². The third-order valence-electron chi connectivity index (χ3n) is 3.24. The highest BCUT2D eigenvalue weighted by Crippen LogP contribution is 2.45. The smallest absolute Gasteiger partial charge is 0.341 e. The maximum absolute atomic E-state index is 10.9. The van der Waals surface area contributed by atoms with Crippen LogP contribution in [0.1, 0.15) is 0 Å². The minimum absolute atomic E-state index is 0.169. The van der Waals surface area contributed by atoms with Crippen molar-refractivity contribution in [1.82, 2.24) is 10.1 Å². The van der Waals surface area contributed by atoms with Crippen LogP contribution >= 0.6 is 39.1 Å². The van der Waals surface area contributed by atoms with Crippen molar-refractivity contribution in [3.63, 3.8) is 0 Å². The van der Waals surface area contributed by atoms with E-state index in [0.29, 0.717) is 31.2 Å². The van der Waals surface area contributed by atoms with E-state index in [4.69, 9.17) is 37.6 Å². The van der Waals surface area contributed by atoms with Crippen LogP contribution in [0.5, 0.6) is 5.75 Å². The summed E-state index contributed by atoms with van der Waals surface area (Å²) in [5.74, 6) is -0.663. The predicted octanol–water partition coefficient (Wildman–Crippen LogP) is 4.94. The molecular formula is C16H9BrCl2N2O4. The molecule has 0 spiro atoms. The summed E-state index contributed by atoms with van der Waals surface area (Å²) < 4.78 is 11.2. The maximum atomic E-state index is 10.9. The quantitative estimate of drug-likeness (QED) is 0.601. The fourth-order valence-corrected chi connectivity index (χ4v) is 3.32. The van der Waals surface area contributed by atoms with E-state index in [1.165, 1.54) is 6.33 Å². The molecule has 0 saturated heterocycles. The van der Waals surface area contributed by atoms with Crippen molar-refractivity contribution in [1.29, 1.82) is 0 Å². The highest BCUT2D eigenvalue weighted by Gasteiger charge is 2.23. The zero-order valence-electron chi connectivity index (χ0n) is 12.4. The lowest BCUT2D eigenvalue weighted by atomic mass is 9.98. The van der Waals surface area contributed by atoms with Gasteiger partial charge in [0.25, 0.3) is 5.89 Å². The Hall–Kier alpha value is -2.09. The molecule has 0 aliphatic heterocycles. The largest absolute Gasteiger partial charge is 0.481 e. The molecule has 0 bridgehead atoms. The number of carboxylic acid groups (broad SMARTS) is 1. The van der Waals surface area contributed by atoms with Gasteiger partial charge in [0.05, 0.1) is 5.56 Å². The summed E-state index contributed by atoms with van der Waals surface area (Å²) >= 11 is 15.8. The Morgan fingerprint density at radius 1 is 1.24 bits per heavy atom. The minimum Gasteiger partial charge on any atom is -0.481 e. The first-order valence-corrected chi connectivity index (χ1v) is 8.42. The van der Waals surface area contributed by atoms with Gasteiger partial charge in [-0.25, -0.2) is 4.79 Å². The molecule has 2 aromatic carbocycles. The molecule has 6 nitrogen and oxygen atoms in total. The molecule has 0 atom stereocenters. The van der Waals surface area contributed by atoms with Gasteiger partial charge in [0.1, 0.15) is 5.75 Å². The van der Waals surface area contributed by atoms with Crippen LogP contribution < -0.4 is 4.74 Å². The molecule has 0 unspecified atom stereocenters. The number of carbonyl (C=O) groups is 1. The summed E-state index contributed by atoms with van der Waals surface area (Å²) in [5, 5.41) is 13.4. The highest BCUT2D eigenvalue weighted by molar-refractivity contribution is 9.10. The summed E-state index contributed by atoms with van der Waals surface area (Å²) in [7, 11) is 0. The summed E-state index contributed by atoms with van der Waals surface area (Å²) in [4.78, 5) is 14.9. The zero-order chi connectivity index (χ0) is 18.0. The molecule has 0 amide bonds. The monoisotopic (exact) mass is 442 g/mol. The van der Waals surface area contributed by atoms with Gasteiger partial charge in [-0.1, -0.05) is 50.4 Å². The second kappa shape index (κ2) is 7.43. The molecule has 3 aromatic rings. The molecule has 1 aromatic heterocycles. The third kappa shape index (κ3) is 3.78. The molecule has 0 aliphatic carbocycles. The van der Waals surface area contributed by atoms with Crippen molar-refractivity contribution in [2.24, 2.45) is 0 Å². The molecule has 3 rings (SSSR count). The lowest BCUT2D eigenvalue weighted by Gasteiger charge is -2.15. The number of halogens is 3. The second-order valence-corrected chi connectivity index (χ2v) is 6.55. The number of aromatic nitrogens is 2. The highest BCUT2D eigenvalue weighted by atomic mass is 79.9.